The maximum atomic E-state index is 6.50. The smallest absolute Gasteiger partial charge is 0.206 e. The van der Waals surface area contributed by atoms with E-state index in [1.165, 1.54) is 94.2 Å². The van der Waals surface area contributed by atoms with Crippen LogP contribution < -0.4 is 15.8 Å². The van der Waals surface area contributed by atoms with Gasteiger partial charge in [-0.2, -0.15) is 0 Å². The van der Waals surface area contributed by atoms with Crippen LogP contribution in [0.2, 0.25) is 0 Å². The van der Waals surface area contributed by atoms with Crippen molar-refractivity contribution in [3.05, 3.63) is 186 Å². The number of H-pyrrole nitrogens is 1. The summed E-state index contributed by atoms with van der Waals surface area (Å²) >= 11 is 0. The van der Waals surface area contributed by atoms with Crippen LogP contribution in [0, 0.1) is 0 Å². The highest BCUT2D eigenvalue weighted by atomic mass is 16.3. The van der Waals surface area contributed by atoms with Crippen LogP contribution in [0.15, 0.2) is 162 Å². The third-order valence-electron chi connectivity index (χ3n) is 14.9. The van der Waals surface area contributed by atoms with Gasteiger partial charge < -0.3 is 14.3 Å². The van der Waals surface area contributed by atoms with E-state index in [0.29, 0.717) is 5.92 Å². The van der Waals surface area contributed by atoms with Crippen molar-refractivity contribution in [3.63, 3.8) is 0 Å². The average Bonchev–Trinajstić information content (AvgIpc) is 3.86. The topological polar surface area (TPSA) is 32.2 Å². The SMILES string of the molecule is CCC[C@H](C)c1ccc(N2c3cc4c(cc3Bc3c2cc2ccccc2c3-c2cccc3c2[nH]c2oc5ccccc5c23)C(C)(C)c2ccccc2C4(C)C)c(-c2ccccc2)c1. The Morgan fingerprint density at radius 3 is 2.06 bits per heavy atom. The third kappa shape index (κ3) is 5.53. The number of nitrogens with zero attached hydrogens (tertiary/aromatic N) is 1. The number of aromatic nitrogens is 1. The summed E-state index contributed by atoms with van der Waals surface area (Å²) in [4.78, 5) is 6.45. The first-order chi connectivity index (χ1) is 30.6. The van der Waals surface area contributed by atoms with Crippen molar-refractivity contribution in [1.82, 2.24) is 4.98 Å². The lowest BCUT2D eigenvalue weighted by Crippen LogP contribution is -2.44. The van der Waals surface area contributed by atoms with E-state index in [4.69, 9.17) is 4.42 Å². The zero-order valence-corrected chi connectivity index (χ0v) is 37.1. The number of aromatic amines is 1. The molecule has 4 heteroatoms. The third-order valence-corrected chi connectivity index (χ3v) is 14.9. The minimum Gasteiger partial charge on any atom is -0.440 e. The molecule has 1 aliphatic heterocycles. The summed E-state index contributed by atoms with van der Waals surface area (Å²) in [6.45, 7) is 14.4. The van der Waals surface area contributed by atoms with E-state index < -0.39 is 0 Å². The lowest BCUT2D eigenvalue weighted by Gasteiger charge is -2.46. The normalized spacial score (nSPS) is 15.2. The molecule has 0 saturated carbocycles. The van der Waals surface area contributed by atoms with Crippen molar-refractivity contribution in [1.29, 1.82) is 0 Å². The number of benzene rings is 8. The van der Waals surface area contributed by atoms with Crippen LogP contribution in [0.4, 0.5) is 17.1 Å². The van der Waals surface area contributed by atoms with E-state index in [1.807, 2.05) is 6.07 Å². The number of hydrogen-bond donors (Lipinski definition) is 1. The molecule has 3 nitrogen and oxygen atoms in total. The fourth-order valence-corrected chi connectivity index (χ4v) is 11.6. The second kappa shape index (κ2) is 13.9. The lowest BCUT2D eigenvalue weighted by atomic mass is 9.54. The number of hydrogen-bond acceptors (Lipinski definition) is 2. The molecule has 0 unspecified atom stereocenters. The second-order valence-electron chi connectivity index (χ2n) is 19.3. The summed E-state index contributed by atoms with van der Waals surface area (Å²) in [6.07, 6.45) is 2.31. The summed E-state index contributed by atoms with van der Waals surface area (Å²) in [5.41, 5.74) is 20.8. The molecule has 12 rings (SSSR count). The summed E-state index contributed by atoms with van der Waals surface area (Å²) in [6, 6.07) is 59.3. The molecule has 306 valence electrons. The first-order valence-electron chi connectivity index (χ1n) is 22.9. The van der Waals surface area contributed by atoms with Gasteiger partial charge in [-0.15, -0.1) is 0 Å². The van der Waals surface area contributed by atoms with Gasteiger partial charge in [0.25, 0.3) is 0 Å². The van der Waals surface area contributed by atoms with Gasteiger partial charge >= 0.3 is 0 Å². The fourth-order valence-electron chi connectivity index (χ4n) is 11.6. The maximum absolute atomic E-state index is 6.50. The van der Waals surface area contributed by atoms with E-state index in [1.54, 1.807) is 0 Å². The van der Waals surface area contributed by atoms with Crippen LogP contribution in [0.5, 0.6) is 0 Å². The molecule has 2 aromatic heterocycles. The standard InChI is InChI=1S/C59H51BN2O/c1-7-18-35(2)37-29-30-49(43(31-37)36-19-9-8-10-20-36)62-50-34-47-46(58(3,4)44-26-14-15-27-45(44)59(47,5)6)33-48(50)60-55-51(62)32-38-21-11-12-22-39(38)53(55)41-24-17-25-42-54-40-23-13-16-28-52(40)63-57(54)61-56(41)42/h8-17,19-35,60-61H,7,18H2,1-6H3/t35-/m0/s1. The van der Waals surface area contributed by atoms with Crippen LogP contribution in [-0.2, 0) is 10.8 Å². The Bertz CT molecular complexity index is 3480. The Morgan fingerprint density at radius 2 is 1.29 bits per heavy atom. The van der Waals surface area contributed by atoms with Gasteiger partial charge in [0.05, 0.1) is 16.6 Å². The average molecular weight is 815 g/mol. The Kier molecular flexibility index (Phi) is 8.35. The number of para-hydroxylation sites is 2. The summed E-state index contributed by atoms with van der Waals surface area (Å²) in [5, 5.41) is 5.94. The van der Waals surface area contributed by atoms with Gasteiger partial charge in [-0.1, -0.05) is 181 Å². The molecule has 8 aromatic carbocycles. The van der Waals surface area contributed by atoms with Crippen molar-refractivity contribution in [2.75, 3.05) is 4.90 Å². The highest BCUT2D eigenvalue weighted by molar-refractivity contribution is 6.74. The van der Waals surface area contributed by atoms with Crippen LogP contribution in [0.1, 0.15) is 88.1 Å². The van der Waals surface area contributed by atoms with Crippen molar-refractivity contribution in [2.24, 2.45) is 0 Å². The molecule has 1 N–H and O–H groups in total. The molecule has 63 heavy (non-hydrogen) atoms. The van der Waals surface area contributed by atoms with Crippen LogP contribution in [0.25, 0.3) is 66.0 Å². The summed E-state index contributed by atoms with van der Waals surface area (Å²) in [5.74, 6) is 0.456. The number of rotatable bonds is 6. The highest BCUT2D eigenvalue weighted by Crippen LogP contribution is 2.53. The highest BCUT2D eigenvalue weighted by Gasteiger charge is 2.43. The van der Waals surface area contributed by atoms with Gasteiger partial charge in [-0.05, 0) is 97.8 Å². The number of furan rings is 1. The molecular formula is C59H51BN2O. The van der Waals surface area contributed by atoms with Gasteiger partial charge in [0.15, 0.2) is 7.28 Å². The van der Waals surface area contributed by atoms with Crippen LogP contribution in [0.3, 0.4) is 0 Å². The van der Waals surface area contributed by atoms with E-state index in [0.717, 1.165) is 47.7 Å². The molecule has 0 radical (unpaired) electrons. The molecule has 10 aromatic rings. The summed E-state index contributed by atoms with van der Waals surface area (Å²) in [7, 11) is 0.801. The lowest BCUT2D eigenvalue weighted by molar-refractivity contribution is 0.521. The Hall–Kier alpha value is -6.78. The molecule has 0 bridgehead atoms. The maximum Gasteiger partial charge on any atom is 0.206 e. The molecular weight excluding hydrogens is 763 g/mol. The first-order valence-corrected chi connectivity index (χ1v) is 22.9. The van der Waals surface area contributed by atoms with E-state index >= 15 is 0 Å². The quantitative estimate of drug-likeness (QED) is 0.170. The Morgan fingerprint density at radius 1 is 0.603 bits per heavy atom. The van der Waals surface area contributed by atoms with Gasteiger partial charge in [0.1, 0.15) is 5.58 Å². The molecule has 0 saturated heterocycles. The van der Waals surface area contributed by atoms with Crippen molar-refractivity contribution < 1.29 is 4.42 Å². The van der Waals surface area contributed by atoms with Crippen molar-refractivity contribution in [3.8, 4) is 22.3 Å². The first kappa shape index (κ1) is 37.9. The van der Waals surface area contributed by atoms with E-state index in [9.17, 15) is 0 Å². The largest absolute Gasteiger partial charge is 0.440 e. The van der Waals surface area contributed by atoms with E-state index in [2.05, 4.69) is 203 Å². The Labute approximate surface area is 370 Å². The van der Waals surface area contributed by atoms with Gasteiger partial charge in [0, 0.05) is 44.1 Å². The zero-order chi connectivity index (χ0) is 42.8. The molecule has 1 aliphatic carbocycles. The van der Waals surface area contributed by atoms with Gasteiger partial charge in [-0.3, -0.25) is 0 Å². The Balaban J connectivity index is 1.19. The summed E-state index contributed by atoms with van der Waals surface area (Å²) < 4.78 is 6.50. The zero-order valence-electron chi connectivity index (χ0n) is 37.1. The van der Waals surface area contributed by atoms with Crippen molar-refractivity contribution >= 4 is 79.0 Å². The molecule has 0 amide bonds. The van der Waals surface area contributed by atoms with Gasteiger partial charge in [0.2, 0.25) is 5.71 Å². The molecule has 0 spiro atoms. The minimum atomic E-state index is -0.191. The predicted octanol–water partition coefficient (Wildman–Crippen LogP) is 14.6. The number of fused-ring (bicyclic) bond motifs is 10. The molecule has 2 aliphatic rings. The second-order valence-corrected chi connectivity index (χ2v) is 19.3. The number of anilines is 3. The minimum absolute atomic E-state index is 0.174. The molecule has 1 atom stereocenters. The molecule has 0 fully saturated rings. The fraction of sp³-hybridized carbons (Fsp3) is 0.186. The monoisotopic (exact) mass is 814 g/mol. The van der Waals surface area contributed by atoms with Crippen LogP contribution >= 0.6 is 0 Å². The predicted molar refractivity (Wildman–Crippen MR) is 269 cm³/mol. The van der Waals surface area contributed by atoms with E-state index in [-0.39, 0.29) is 10.8 Å². The number of nitrogens with one attached hydrogen (secondary N) is 1. The van der Waals surface area contributed by atoms with Crippen LogP contribution in [-0.4, -0.2) is 12.3 Å². The molecule has 3 heterocycles. The van der Waals surface area contributed by atoms with Gasteiger partial charge in [-0.25, -0.2) is 0 Å². The van der Waals surface area contributed by atoms with Crippen molar-refractivity contribution in [2.45, 2.75) is 71.1 Å².